The van der Waals surface area contributed by atoms with Crippen molar-refractivity contribution in [2.45, 2.75) is 31.6 Å². The lowest BCUT2D eigenvalue weighted by molar-refractivity contribution is 0.0730. The molecule has 0 radical (unpaired) electrons. The molecule has 0 N–H and O–H groups in total. The van der Waals surface area contributed by atoms with Gasteiger partial charge in [0.1, 0.15) is 5.92 Å². The fourth-order valence-electron chi connectivity index (χ4n) is 4.90. The number of benzene rings is 1. The van der Waals surface area contributed by atoms with Gasteiger partial charge < -0.3 is 4.74 Å². The van der Waals surface area contributed by atoms with Crippen molar-refractivity contribution in [2.24, 2.45) is 7.05 Å². The number of fused-ring (bicyclic) bond motifs is 3. The van der Waals surface area contributed by atoms with E-state index in [4.69, 9.17) is 4.74 Å². The summed E-state index contributed by atoms with van der Waals surface area (Å²) in [5, 5.41) is 4.75. The molecular formula is C23H24N4O5S. The number of nitrogens with zero attached hydrogens (tertiary/aromatic N) is 4. The third-order valence-electron chi connectivity index (χ3n) is 6.62. The number of hydrogen-bond acceptors (Lipinski definition) is 7. The van der Waals surface area contributed by atoms with Crippen molar-refractivity contribution in [3.63, 3.8) is 0 Å². The fraction of sp³-hybridized carbons (Fsp3) is 0.391. The van der Waals surface area contributed by atoms with Crippen LogP contribution in [0.3, 0.4) is 0 Å². The summed E-state index contributed by atoms with van der Waals surface area (Å²) in [6, 6.07) is 4.57. The molecule has 2 aliphatic rings. The molecule has 33 heavy (non-hydrogen) atoms. The van der Waals surface area contributed by atoms with Crippen LogP contribution in [0, 0.1) is 20.8 Å². The fourth-order valence-corrected chi connectivity index (χ4v) is 6.33. The van der Waals surface area contributed by atoms with Crippen LogP contribution in [0.15, 0.2) is 23.1 Å². The highest BCUT2D eigenvalue weighted by Gasteiger charge is 2.44. The summed E-state index contributed by atoms with van der Waals surface area (Å²) in [5.41, 5.74) is 3.43. The van der Waals surface area contributed by atoms with E-state index < -0.39 is 15.9 Å². The molecule has 1 unspecified atom stereocenters. The third kappa shape index (κ3) is 3.16. The van der Waals surface area contributed by atoms with E-state index in [0.29, 0.717) is 41.1 Å². The van der Waals surface area contributed by atoms with Crippen LogP contribution in [0.5, 0.6) is 0 Å². The number of morpholine rings is 1. The zero-order valence-electron chi connectivity index (χ0n) is 18.9. The third-order valence-corrected chi connectivity index (χ3v) is 8.51. The van der Waals surface area contributed by atoms with E-state index in [-0.39, 0.29) is 40.7 Å². The topological polar surface area (TPSA) is 111 Å². The van der Waals surface area contributed by atoms with E-state index in [2.05, 4.69) is 10.1 Å². The quantitative estimate of drug-likeness (QED) is 0.541. The Morgan fingerprint density at radius 1 is 1.00 bits per heavy atom. The van der Waals surface area contributed by atoms with E-state index in [1.165, 1.54) is 16.4 Å². The molecule has 9 nitrogen and oxygen atoms in total. The second-order valence-corrected chi connectivity index (χ2v) is 10.5. The number of pyridine rings is 1. The Kier molecular flexibility index (Phi) is 5.00. The molecule has 1 atom stereocenters. The summed E-state index contributed by atoms with van der Waals surface area (Å²) in [7, 11) is -2.00. The Balaban J connectivity index is 1.70. The molecule has 10 heteroatoms. The molecule has 0 amide bonds. The van der Waals surface area contributed by atoms with Crippen LogP contribution in [-0.4, -0.2) is 65.4 Å². The van der Waals surface area contributed by atoms with Gasteiger partial charge in [0.05, 0.1) is 34.9 Å². The molecule has 0 bridgehead atoms. The van der Waals surface area contributed by atoms with Gasteiger partial charge in [0.25, 0.3) is 0 Å². The lowest BCUT2D eigenvalue weighted by atomic mass is 9.92. The van der Waals surface area contributed by atoms with Gasteiger partial charge in [0.2, 0.25) is 10.0 Å². The molecule has 0 saturated carbocycles. The molecule has 3 heterocycles. The monoisotopic (exact) mass is 468 g/mol. The number of ether oxygens (including phenoxy) is 1. The van der Waals surface area contributed by atoms with Gasteiger partial charge in [-0.25, -0.2) is 8.42 Å². The Morgan fingerprint density at radius 2 is 1.67 bits per heavy atom. The maximum absolute atomic E-state index is 13.7. The molecule has 0 spiro atoms. The highest BCUT2D eigenvalue weighted by molar-refractivity contribution is 7.89. The van der Waals surface area contributed by atoms with Crippen molar-refractivity contribution in [1.82, 2.24) is 19.1 Å². The van der Waals surface area contributed by atoms with E-state index >= 15 is 0 Å². The first-order valence-electron chi connectivity index (χ1n) is 10.7. The lowest BCUT2D eigenvalue weighted by Crippen LogP contribution is -2.40. The molecule has 2 aromatic heterocycles. The summed E-state index contributed by atoms with van der Waals surface area (Å²) in [6.07, 6.45) is 0. The number of Topliss-reactive ketones (excluding diaryl/α,β-unsaturated/α-hetero) is 2. The molecular weight excluding hydrogens is 444 g/mol. The number of aryl methyl sites for hydroxylation is 3. The Hall–Kier alpha value is -2.95. The van der Waals surface area contributed by atoms with Gasteiger partial charge >= 0.3 is 0 Å². The van der Waals surface area contributed by atoms with Crippen LogP contribution in [0.4, 0.5) is 0 Å². The lowest BCUT2D eigenvalue weighted by Gasteiger charge is -2.26. The van der Waals surface area contributed by atoms with Crippen LogP contribution in [-0.2, 0) is 21.8 Å². The van der Waals surface area contributed by atoms with Gasteiger partial charge in [-0.15, -0.1) is 0 Å². The van der Waals surface area contributed by atoms with E-state index in [1.807, 2.05) is 6.92 Å². The predicted molar refractivity (Wildman–Crippen MR) is 120 cm³/mol. The molecule has 1 aliphatic carbocycles. The van der Waals surface area contributed by atoms with Crippen molar-refractivity contribution < 1.29 is 22.7 Å². The maximum atomic E-state index is 13.7. The average Bonchev–Trinajstić information content (AvgIpc) is 3.19. The van der Waals surface area contributed by atoms with Crippen molar-refractivity contribution in [2.75, 3.05) is 26.3 Å². The van der Waals surface area contributed by atoms with Gasteiger partial charge in [0, 0.05) is 48.0 Å². The summed E-state index contributed by atoms with van der Waals surface area (Å²) >= 11 is 0. The average molecular weight is 469 g/mol. The van der Waals surface area contributed by atoms with E-state index in [0.717, 1.165) is 5.69 Å². The van der Waals surface area contributed by atoms with Crippen molar-refractivity contribution in [3.8, 4) is 0 Å². The first-order valence-corrected chi connectivity index (χ1v) is 12.2. The van der Waals surface area contributed by atoms with Gasteiger partial charge in [0.15, 0.2) is 11.6 Å². The van der Waals surface area contributed by atoms with E-state index in [1.54, 1.807) is 31.6 Å². The van der Waals surface area contributed by atoms with Crippen LogP contribution in [0.25, 0.3) is 10.9 Å². The minimum Gasteiger partial charge on any atom is -0.379 e. The smallest absolute Gasteiger partial charge is 0.243 e. The molecule has 1 saturated heterocycles. The first kappa shape index (κ1) is 21.9. The minimum absolute atomic E-state index is 0.0715. The van der Waals surface area contributed by atoms with Gasteiger partial charge in [-0.05, 0) is 39.0 Å². The molecule has 1 aliphatic heterocycles. The second kappa shape index (κ2) is 7.54. The van der Waals surface area contributed by atoms with Crippen molar-refractivity contribution in [1.29, 1.82) is 0 Å². The zero-order valence-corrected chi connectivity index (χ0v) is 19.7. The van der Waals surface area contributed by atoms with Crippen molar-refractivity contribution >= 4 is 32.5 Å². The molecule has 172 valence electrons. The Morgan fingerprint density at radius 3 is 2.30 bits per heavy atom. The minimum atomic E-state index is -3.77. The molecule has 1 fully saturated rings. The van der Waals surface area contributed by atoms with Gasteiger partial charge in [-0.1, -0.05) is 0 Å². The molecule has 5 rings (SSSR count). The summed E-state index contributed by atoms with van der Waals surface area (Å²) in [5.74, 6) is -1.66. The van der Waals surface area contributed by atoms with Crippen LogP contribution in [0.2, 0.25) is 0 Å². The molecule has 3 aromatic rings. The second-order valence-electron chi connectivity index (χ2n) is 8.51. The number of ketones is 2. The number of rotatable bonds is 3. The van der Waals surface area contributed by atoms with E-state index in [9.17, 15) is 18.0 Å². The number of carbonyl (C=O) groups is 2. The highest BCUT2D eigenvalue weighted by atomic mass is 32.2. The first-order chi connectivity index (χ1) is 15.6. The standard InChI is InChI=1S/C23H24N4O5S/c1-12-19-20(23(29)21(22(19)28)18-13(2)25-26(4)14(18)3)16-11-15(5-6-17(16)24-12)33(30,31)27-7-9-32-10-8-27/h5-6,11,21H,7-10H2,1-4H3. The Labute approximate surface area is 191 Å². The van der Waals surface area contributed by atoms with Crippen molar-refractivity contribution in [3.05, 3.63) is 52.0 Å². The summed E-state index contributed by atoms with van der Waals surface area (Å²) in [4.78, 5) is 31.8. The highest BCUT2D eigenvalue weighted by Crippen LogP contribution is 2.41. The van der Waals surface area contributed by atoms with Gasteiger partial charge in [-0.3, -0.25) is 19.3 Å². The number of sulfonamides is 1. The normalized spacial score (nSPS) is 19.5. The number of aromatic nitrogens is 3. The van der Waals surface area contributed by atoms with Crippen LogP contribution in [0.1, 0.15) is 49.3 Å². The van der Waals surface area contributed by atoms with Crippen LogP contribution >= 0.6 is 0 Å². The molecule has 1 aromatic carbocycles. The number of carbonyl (C=O) groups excluding carboxylic acids is 2. The number of hydrogen-bond donors (Lipinski definition) is 0. The largest absolute Gasteiger partial charge is 0.379 e. The predicted octanol–water partition coefficient (Wildman–Crippen LogP) is 2.08. The summed E-state index contributed by atoms with van der Waals surface area (Å²) < 4.78 is 34.7. The zero-order chi connectivity index (χ0) is 23.7. The maximum Gasteiger partial charge on any atom is 0.243 e. The summed E-state index contributed by atoms with van der Waals surface area (Å²) in [6.45, 7) is 6.51. The van der Waals surface area contributed by atoms with Gasteiger partial charge in [-0.2, -0.15) is 9.40 Å². The Bertz CT molecular complexity index is 1450. The SMILES string of the molecule is Cc1nc2ccc(S(=O)(=O)N3CCOCC3)cc2c2c1C(=O)C(c1c(C)nn(C)c1C)C2=O. The van der Waals surface area contributed by atoms with Crippen LogP contribution < -0.4 is 0 Å².